The molecule has 0 aliphatic heterocycles. The summed E-state index contributed by atoms with van der Waals surface area (Å²) < 4.78 is 2.11. The van der Waals surface area contributed by atoms with Gasteiger partial charge in [-0.05, 0) is 39.8 Å². The Morgan fingerprint density at radius 3 is 2.65 bits per heavy atom. The quantitative estimate of drug-likeness (QED) is 0.857. The van der Waals surface area contributed by atoms with Gasteiger partial charge in [-0.1, -0.05) is 0 Å². The summed E-state index contributed by atoms with van der Waals surface area (Å²) in [6.45, 7) is 0.957. The molecule has 1 heterocycles. The molecule has 0 radical (unpaired) electrons. The minimum atomic E-state index is 0.719. The van der Waals surface area contributed by atoms with Gasteiger partial charge < -0.3 is 9.88 Å². The fourth-order valence-corrected chi connectivity index (χ4v) is 2.71. The molecule has 0 bridgehead atoms. The predicted molar refractivity (Wildman–Crippen MR) is 69.8 cm³/mol. The van der Waals surface area contributed by atoms with Gasteiger partial charge in [-0.25, -0.2) is 4.98 Å². The second kappa shape index (κ2) is 5.65. The van der Waals surface area contributed by atoms with E-state index in [0.717, 1.165) is 24.5 Å². The zero-order valence-corrected chi connectivity index (χ0v) is 11.2. The molecular formula is C13H24N4. The number of hydrogen-bond acceptors (Lipinski definition) is 3. The van der Waals surface area contributed by atoms with Crippen LogP contribution in [0.2, 0.25) is 0 Å². The lowest BCUT2D eigenvalue weighted by molar-refractivity contribution is 0.165. The Labute approximate surface area is 104 Å². The Morgan fingerprint density at radius 2 is 2.12 bits per heavy atom. The molecule has 1 aromatic heterocycles. The molecule has 0 amide bonds. The van der Waals surface area contributed by atoms with E-state index in [9.17, 15) is 0 Å². The van der Waals surface area contributed by atoms with Crippen LogP contribution in [0.25, 0.3) is 0 Å². The number of aromatic nitrogens is 2. The van der Waals surface area contributed by atoms with Crippen LogP contribution < -0.4 is 5.32 Å². The summed E-state index contributed by atoms with van der Waals surface area (Å²) in [4.78, 5) is 6.84. The zero-order chi connectivity index (χ0) is 12.3. The number of nitrogens with zero attached hydrogens (tertiary/aromatic N) is 3. The van der Waals surface area contributed by atoms with Gasteiger partial charge in [0.2, 0.25) is 0 Å². The van der Waals surface area contributed by atoms with E-state index in [1.54, 1.807) is 0 Å². The SMILES string of the molecule is CNC1CCC(N(C)Cc2nccn2C)CC1. The molecule has 0 aromatic carbocycles. The summed E-state index contributed by atoms with van der Waals surface area (Å²) in [7, 11) is 6.36. The van der Waals surface area contributed by atoms with Gasteiger partial charge in [-0.15, -0.1) is 0 Å². The number of aryl methyl sites for hydroxylation is 1. The maximum absolute atomic E-state index is 4.39. The van der Waals surface area contributed by atoms with Gasteiger partial charge in [-0.3, -0.25) is 4.90 Å². The molecule has 1 saturated carbocycles. The Morgan fingerprint density at radius 1 is 1.41 bits per heavy atom. The summed E-state index contributed by atoms with van der Waals surface area (Å²) in [5, 5.41) is 3.38. The van der Waals surface area contributed by atoms with Gasteiger partial charge >= 0.3 is 0 Å². The van der Waals surface area contributed by atoms with Crippen molar-refractivity contribution in [2.75, 3.05) is 14.1 Å². The second-order valence-corrected chi connectivity index (χ2v) is 5.16. The molecule has 1 fully saturated rings. The number of imidazole rings is 1. The molecule has 1 aromatic rings. The molecule has 0 unspecified atom stereocenters. The van der Waals surface area contributed by atoms with E-state index in [1.165, 1.54) is 25.7 Å². The van der Waals surface area contributed by atoms with Crippen molar-refractivity contribution in [1.82, 2.24) is 19.8 Å². The molecule has 0 spiro atoms. The lowest BCUT2D eigenvalue weighted by Crippen LogP contribution is -2.39. The fraction of sp³-hybridized carbons (Fsp3) is 0.769. The highest BCUT2D eigenvalue weighted by atomic mass is 15.2. The second-order valence-electron chi connectivity index (χ2n) is 5.16. The zero-order valence-electron chi connectivity index (χ0n) is 11.2. The Hall–Kier alpha value is -0.870. The normalized spacial score (nSPS) is 25.4. The van der Waals surface area contributed by atoms with Gasteiger partial charge in [0.25, 0.3) is 0 Å². The average Bonchev–Trinajstić information content (AvgIpc) is 2.75. The van der Waals surface area contributed by atoms with Crippen molar-refractivity contribution >= 4 is 0 Å². The van der Waals surface area contributed by atoms with E-state index in [1.807, 2.05) is 12.4 Å². The monoisotopic (exact) mass is 236 g/mol. The van der Waals surface area contributed by atoms with Crippen molar-refractivity contribution in [2.45, 2.75) is 44.3 Å². The van der Waals surface area contributed by atoms with Crippen molar-refractivity contribution in [3.63, 3.8) is 0 Å². The van der Waals surface area contributed by atoms with Crippen LogP contribution in [0.15, 0.2) is 12.4 Å². The molecule has 1 aliphatic carbocycles. The van der Waals surface area contributed by atoms with E-state index >= 15 is 0 Å². The smallest absolute Gasteiger partial charge is 0.122 e. The van der Waals surface area contributed by atoms with Crippen molar-refractivity contribution < 1.29 is 0 Å². The van der Waals surface area contributed by atoms with Crippen LogP contribution in [-0.4, -0.2) is 40.6 Å². The van der Waals surface area contributed by atoms with Crippen LogP contribution in [0.3, 0.4) is 0 Å². The number of hydrogen-bond donors (Lipinski definition) is 1. The van der Waals surface area contributed by atoms with Crippen LogP contribution >= 0.6 is 0 Å². The Kier molecular flexibility index (Phi) is 4.18. The maximum Gasteiger partial charge on any atom is 0.122 e. The van der Waals surface area contributed by atoms with E-state index in [2.05, 4.69) is 40.9 Å². The van der Waals surface area contributed by atoms with Crippen molar-refractivity contribution in [3.8, 4) is 0 Å². The Balaban J connectivity index is 1.85. The minimum absolute atomic E-state index is 0.719. The minimum Gasteiger partial charge on any atom is -0.337 e. The number of nitrogens with one attached hydrogen (secondary N) is 1. The first-order chi connectivity index (χ1) is 8.20. The van der Waals surface area contributed by atoms with Crippen LogP contribution in [0.1, 0.15) is 31.5 Å². The third-order valence-electron chi connectivity index (χ3n) is 4.04. The Bertz CT molecular complexity index is 339. The highest BCUT2D eigenvalue weighted by molar-refractivity contribution is 4.92. The van der Waals surface area contributed by atoms with Crippen molar-refractivity contribution in [3.05, 3.63) is 18.2 Å². The van der Waals surface area contributed by atoms with Gasteiger partial charge in [-0.2, -0.15) is 0 Å². The highest BCUT2D eigenvalue weighted by Gasteiger charge is 2.23. The van der Waals surface area contributed by atoms with Crippen molar-refractivity contribution in [2.24, 2.45) is 7.05 Å². The van der Waals surface area contributed by atoms with E-state index in [0.29, 0.717) is 0 Å². The van der Waals surface area contributed by atoms with Gasteiger partial charge in [0.05, 0.1) is 6.54 Å². The summed E-state index contributed by atoms with van der Waals surface area (Å²) in [6.07, 6.45) is 9.08. The summed E-state index contributed by atoms with van der Waals surface area (Å²) in [5.41, 5.74) is 0. The van der Waals surface area contributed by atoms with Crippen LogP contribution in [0, 0.1) is 0 Å². The first-order valence-electron chi connectivity index (χ1n) is 6.54. The summed E-state index contributed by atoms with van der Waals surface area (Å²) in [5.74, 6) is 1.16. The van der Waals surface area contributed by atoms with Crippen molar-refractivity contribution in [1.29, 1.82) is 0 Å². The third kappa shape index (κ3) is 3.07. The average molecular weight is 236 g/mol. The molecule has 4 heteroatoms. The maximum atomic E-state index is 4.39. The molecular weight excluding hydrogens is 212 g/mol. The lowest BCUT2D eigenvalue weighted by Gasteiger charge is -2.34. The topological polar surface area (TPSA) is 33.1 Å². The molecule has 1 N–H and O–H groups in total. The van der Waals surface area contributed by atoms with Crippen LogP contribution in [0.4, 0.5) is 0 Å². The van der Waals surface area contributed by atoms with Crippen LogP contribution in [0.5, 0.6) is 0 Å². The molecule has 2 rings (SSSR count). The largest absolute Gasteiger partial charge is 0.337 e. The summed E-state index contributed by atoms with van der Waals surface area (Å²) in [6, 6.07) is 1.45. The van der Waals surface area contributed by atoms with Gasteiger partial charge in [0.1, 0.15) is 5.82 Å². The summed E-state index contributed by atoms with van der Waals surface area (Å²) >= 11 is 0. The molecule has 0 saturated heterocycles. The van der Waals surface area contributed by atoms with E-state index in [4.69, 9.17) is 0 Å². The van der Waals surface area contributed by atoms with Gasteiger partial charge in [0, 0.05) is 31.5 Å². The standard InChI is InChI=1S/C13H24N4/c1-14-11-4-6-12(7-5-11)17(3)10-13-15-8-9-16(13)2/h8-9,11-12,14H,4-7,10H2,1-3H3. The molecule has 1 aliphatic rings. The van der Waals surface area contributed by atoms with E-state index < -0.39 is 0 Å². The van der Waals surface area contributed by atoms with E-state index in [-0.39, 0.29) is 0 Å². The van der Waals surface area contributed by atoms with Gasteiger partial charge in [0.15, 0.2) is 0 Å². The molecule has 0 atom stereocenters. The molecule has 96 valence electrons. The molecule has 17 heavy (non-hydrogen) atoms. The molecule has 4 nitrogen and oxygen atoms in total. The lowest BCUT2D eigenvalue weighted by atomic mass is 9.90. The first kappa shape index (κ1) is 12.6. The highest BCUT2D eigenvalue weighted by Crippen LogP contribution is 2.23. The van der Waals surface area contributed by atoms with Crippen LogP contribution in [-0.2, 0) is 13.6 Å². The number of rotatable bonds is 4. The first-order valence-corrected chi connectivity index (χ1v) is 6.54. The predicted octanol–water partition coefficient (Wildman–Crippen LogP) is 1.38. The third-order valence-corrected chi connectivity index (χ3v) is 4.04. The fourth-order valence-electron chi connectivity index (χ4n) is 2.71.